The lowest BCUT2D eigenvalue weighted by Crippen LogP contribution is -2.45. The van der Waals surface area contributed by atoms with Gasteiger partial charge in [-0.1, -0.05) is 24.3 Å². The van der Waals surface area contributed by atoms with Gasteiger partial charge in [-0.3, -0.25) is 14.8 Å². The van der Waals surface area contributed by atoms with Crippen LogP contribution in [0.15, 0.2) is 64.6 Å². The second kappa shape index (κ2) is 10.3. The molecule has 29 heavy (non-hydrogen) atoms. The minimum Gasteiger partial charge on any atom is -0.355 e. The SMILES string of the molecule is CN=C(NCC(=O)N(C)CCc1ccccn1)NCC1(Sc2ccccc2)CC1. The molecule has 0 radical (unpaired) electrons. The van der Waals surface area contributed by atoms with E-state index < -0.39 is 0 Å². The molecule has 1 aromatic carbocycles. The molecule has 3 rings (SSSR count). The fourth-order valence-corrected chi connectivity index (χ4v) is 4.15. The number of aromatic nitrogens is 1. The average molecular weight is 412 g/mol. The first-order valence-corrected chi connectivity index (χ1v) is 10.7. The first-order chi connectivity index (χ1) is 14.1. The highest BCUT2D eigenvalue weighted by Gasteiger charge is 2.43. The third-order valence-corrected chi connectivity index (χ3v) is 6.44. The summed E-state index contributed by atoms with van der Waals surface area (Å²) in [6.07, 6.45) is 4.89. The van der Waals surface area contributed by atoms with Gasteiger partial charge in [0.05, 0.1) is 6.54 Å². The number of hydrogen-bond acceptors (Lipinski definition) is 4. The molecule has 2 N–H and O–H groups in total. The largest absolute Gasteiger partial charge is 0.355 e. The van der Waals surface area contributed by atoms with Crippen molar-refractivity contribution in [3.63, 3.8) is 0 Å². The first-order valence-electron chi connectivity index (χ1n) is 9.93. The minimum atomic E-state index is 0.0312. The summed E-state index contributed by atoms with van der Waals surface area (Å²) in [7, 11) is 3.55. The van der Waals surface area contributed by atoms with Gasteiger partial charge in [0.1, 0.15) is 0 Å². The molecule has 1 aromatic heterocycles. The monoisotopic (exact) mass is 411 g/mol. The summed E-state index contributed by atoms with van der Waals surface area (Å²) in [5, 5.41) is 6.52. The highest BCUT2D eigenvalue weighted by Crippen LogP contribution is 2.51. The molecule has 7 heteroatoms. The van der Waals surface area contributed by atoms with Crippen molar-refractivity contribution in [1.29, 1.82) is 0 Å². The van der Waals surface area contributed by atoms with Gasteiger partial charge in [0.15, 0.2) is 5.96 Å². The Bertz CT molecular complexity index is 808. The van der Waals surface area contributed by atoms with Crippen molar-refractivity contribution in [2.75, 3.05) is 33.7 Å². The van der Waals surface area contributed by atoms with E-state index in [1.165, 1.54) is 17.7 Å². The van der Waals surface area contributed by atoms with Crippen molar-refractivity contribution >= 4 is 23.6 Å². The van der Waals surface area contributed by atoms with Crippen molar-refractivity contribution in [3.8, 4) is 0 Å². The number of nitrogens with zero attached hydrogens (tertiary/aromatic N) is 3. The number of nitrogens with one attached hydrogen (secondary N) is 2. The number of amides is 1. The average Bonchev–Trinajstić information content (AvgIpc) is 3.52. The topological polar surface area (TPSA) is 69.6 Å². The molecule has 0 aliphatic heterocycles. The number of carbonyl (C=O) groups excluding carboxylic acids is 1. The van der Waals surface area contributed by atoms with Gasteiger partial charge in [-0.25, -0.2) is 0 Å². The molecule has 1 amide bonds. The molecule has 1 fully saturated rings. The number of rotatable bonds is 9. The molecule has 0 bridgehead atoms. The van der Waals surface area contributed by atoms with Crippen LogP contribution in [-0.2, 0) is 11.2 Å². The lowest BCUT2D eigenvalue weighted by Gasteiger charge is -2.20. The molecule has 0 saturated heterocycles. The van der Waals surface area contributed by atoms with Crippen molar-refractivity contribution in [2.24, 2.45) is 4.99 Å². The second-order valence-corrected chi connectivity index (χ2v) is 8.81. The summed E-state index contributed by atoms with van der Waals surface area (Å²) in [5.41, 5.74) is 0.989. The van der Waals surface area contributed by atoms with Gasteiger partial charge in [0.2, 0.25) is 5.91 Å². The second-order valence-electron chi connectivity index (χ2n) is 7.26. The third-order valence-electron chi connectivity index (χ3n) is 4.95. The smallest absolute Gasteiger partial charge is 0.241 e. The summed E-state index contributed by atoms with van der Waals surface area (Å²) < 4.78 is 0.225. The molecular weight excluding hydrogens is 382 g/mol. The lowest BCUT2D eigenvalue weighted by atomic mass is 10.2. The van der Waals surface area contributed by atoms with Crippen LogP contribution in [0.25, 0.3) is 0 Å². The van der Waals surface area contributed by atoms with Gasteiger partial charge in [-0.05, 0) is 37.1 Å². The number of pyridine rings is 1. The molecule has 0 atom stereocenters. The van der Waals surface area contributed by atoms with Crippen LogP contribution < -0.4 is 10.6 Å². The van der Waals surface area contributed by atoms with Gasteiger partial charge in [-0.15, -0.1) is 11.8 Å². The molecule has 0 spiro atoms. The highest BCUT2D eigenvalue weighted by molar-refractivity contribution is 8.01. The van der Waals surface area contributed by atoms with E-state index in [-0.39, 0.29) is 17.2 Å². The van der Waals surface area contributed by atoms with E-state index in [0.29, 0.717) is 12.5 Å². The summed E-state index contributed by atoms with van der Waals surface area (Å²) in [5.74, 6) is 0.695. The van der Waals surface area contributed by atoms with Gasteiger partial charge in [0.25, 0.3) is 0 Å². The van der Waals surface area contributed by atoms with Crippen molar-refractivity contribution in [2.45, 2.75) is 28.9 Å². The van der Waals surface area contributed by atoms with E-state index in [2.05, 4.69) is 44.9 Å². The van der Waals surface area contributed by atoms with Crippen LogP contribution in [-0.4, -0.2) is 60.2 Å². The zero-order chi connectivity index (χ0) is 20.5. The Morgan fingerprint density at radius 2 is 1.93 bits per heavy atom. The molecule has 1 aliphatic carbocycles. The van der Waals surface area contributed by atoms with Crippen molar-refractivity contribution < 1.29 is 4.79 Å². The van der Waals surface area contributed by atoms with Crippen molar-refractivity contribution in [1.82, 2.24) is 20.5 Å². The van der Waals surface area contributed by atoms with Crippen LogP contribution in [0.3, 0.4) is 0 Å². The number of likely N-dealkylation sites (N-methyl/N-ethyl adjacent to an activating group) is 1. The van der Waals surface area contributed by atoms with Gasteiger partial charge in [-0.2, -0.15) is 0 Å². The molecule has 1 saturated carbocycles. The van der Waals surface area contributed by atoms with Crippen LogP contribution in [0, 0.1) is 0 Å². The Kier molecular flexibility index (Phi) is 7.52. The van der Waals surface area contributed by atoms with E-state index in [4.69, 9.17) is 0 Å². The molecule has 0 unspecified atom stereocenters. The number of benzene rings is 1. The van der Waals surface area contributed by atoms with Crippen LogP contribution in [0.1, 0.15) is 18.5 Å². The summed E-state index contributed by atoms with van der Waals surface area (Å²) in [4.78, 5) is 24.0. The highest BCUT2D eigenvalue weighted by atomic mass is 32.2. The van der Waals surface area contributed by atoms with Crippen LogP contribution in [0.4, 0.5) is 0 Å². The number of thioether (sulfide) groups is 1. The van der Waals surface area contributed by atoms with Gasteiger partial charge < -0.3 is 15.5 Å². The van der Waals surface area contributed by atoms with Gasteiger partial charge >= 0.3 is 0 Å². The summed E-state index contributed by atoms with van der Waals surface area (Å²) >= 11 is 1.92. The van der Waals surface area contributed by atoms with Crippen LogP contribution >= 0.6 is 11.8 Å². The van der Waals surface area contributed by atoms with Gasteiger partial charge in [0, 0.05) is 55.1 Å². The van der Waals surface area contributed by atoms with Crippen LogP contribution in [0.5, 0.6) is 0 Å². The Labute approximate surface area is 177 Å². The summed E-state index contributed by atoms with van der Waals surface area (Å²) in [6.45, 7) is 1.69. The molecule has 154 valence electrons. The predicted molar refractivity (Wildman–Crippen MR) is 119 cm³/mol. The number of guanidine groups is 1. The maximum Gasteiger partial charge on any atom is 0.241 e. The molecule has 6 nitrogen and oxygen atoms in total. The quantitative estimate of drug-likeness (QED) is 0.490. The van der Waals surface area contributed by atoms with E-state index >= 15 is 0 Å². The minimum absolute atomic E-state index is 0.0312. The van der Waals surface area contributed by atoms with E-state index in [1.807, 2.05) is 43.1 Å². The Morgan fingerprint density at radius 1 is 1.17 bits per heavy atom. The zero-order valence-corrected chi connectivity index (χ0v) is 17.9. The first kappa shape index (κ1) is 21.2. The number of hydrogen-bond donors (Lipinski definition) is 2. The Morgan fingerprint density at radius 3 is 2.59 bits per heavy atom. The Hall–Kier alpha value is -2.54. The standard InChI is InChI=1S/C22H29N5OS/c1-23-21(26-17-22(12-13-22)29-19-9-4-3-5-10-19)25-16-20(28)27(2)15-11-18-8-6-7-14-24-18/h3-10,14H,11-13,15-17H2,1-2H3,(H2,23,25,26). The maximum absolute atomic E-state index is 12.4. The lowest BCUT2D eigenvalue weighted by molar-refractivity contribution is -0.128. The molecule has 1 aliphatic rings. The molecule has 2 aromatic rings. The number of aliphatic imine (C=N–C) groups is 1. The fourth-order valence-electron chi connectivity index (χ4n) is 2.91. The molecule has 1 heterocycles. The van der Waals surface area contributed by atoms with E-state index in [0.717, 1.165) is 18.7 Å². The normalized spacial score (nSPS) is 14.9. The van der Waals surface area contributed by atoms with Crippen LogP contribution in [0.2, 0.25) is 0 Å². The molecular formula is C22H29N5OS. The number of carbonyl (C=O) groups is 1. The predicted octanol–water partition coefficient (Wildman–Crippen LogP) is 2.57. The fraction of sp³-hybridized carbons (Fsp3) is 0.409. The van der Waals surface area contributed by atoms with E-state index in [9.17, 15) is 4.79 Å². The van der Waals surface area contributed by atoms with Crippen molar-refractivity contribution in [3.05, 3.63) is 60.4 Å². The zero-order valence-electron chi connectivity index (χ0n) is 17.1. The Balaban J connectivity index is 1.39. The third kappa shape index (κ3) is 6.78. The maximum atomic E-state index is 12.4. The summed E-state index contributed by atoms with van der Waals surface area (Å²) in [6, 6.07) is 16.3. The van der Waals surface area contributed by atoms with E-state index in [1.54, 1.807) is 18.1 Å².